The van der Waals surface area contributed by atoms with Crippen molar-refractivity contribution in [2.45, 2.75) is 44.1 Å². The summed E-state index contributed by atoms with van der Waals surface area (Å²) in [6.45, 7) is 1.44. The van der Waals surface area contributed by atoms with Crippen molar-refractivity contribution in [3.05, 3.63) is 97.9 Å². The number of phenols is 1. The number of carbonyl (C=O) groups excluding carboxylic acids is 2. The van der Waals surface area contributed by atoms with Crippen LogP contribution in [0.4, 0.5) is 8.78 Å². The summed E-state index contributed by atoms with van der Waals surface area (Å²) < 4.78 is 27.8. The predicted octanol–water partition coefficient (Wildman–Crippen LogP) is 6.86. The maximum Gasteiger partial charge on any atom is 0.251 e. The van der Waals surface area contributed by atoms with E-state index in [1.807, 2.05) is 0 Å². The van der Waals surface area contributed by atoms with E-state index in [2.05, 4.69) is 42.5 Å². The number of benzene rings is 3. The summed E-state index contributed by atoms with van der Waals surface area (Å²) in [5.41, 5.74) is 2.20. The molecule has 3 aromatic rings. The molecule has 2 unspecified atom stereocenters. The molecule has 1 fully saturated rings. The number of Topliss-reactive ketones (excluding diaryl/α,β-unsaturated/α-hetero) is 1. The standard InChI is InChI=1S/C30H30Br2F2N2O3/c31-25-15-21(16-26(32)29(25)38)30(39)36-28(20-13-14-35-17-20)27(37)4-2-1-3-24(18-5-9-22(33)10-6-18)19-7-11-23(34)12-8-19/h5-12,15-16,20,24,28,35,38H,1-4,13-14,17H2,(H,36,39). The molecule has 39 heavy (non-hydrogen) atoms. The van der Waals surface area contributed by atoms with Gasteiger partial charge in [0.05, 0.1) is 15.0 Å². The molecule has 0 aromatic heterocycles. The van der Waals surface area contributed by atoms with Crippen LogP contribution in [0.1, 0.15) is 59.5 Å². The predicted molar refractivity (Wildman–Crippen MR) is 154 cm³/mol. The number of halogens is 4. The highest BCUT2D eigenvalue weighted by Gasteiger charge is 2.32. The van der Waals surface area contributed by atoms with Gasteiger partial charge in [-0.15, -0.1) is 0 Å². The van der Waals surface area contributed by atoms with Crippen LogP contribution in [0.15, 0.2) is 69.6 Å². The summed E-state index contributed by atoms with van der Waals surface area (Å²) in [6.07, 6.45) is 3.16. The molecule has 2 atom stereocenters. The Bertz CT molecular complexity index is 1230. The van der Waals surface area contributed by atoms with Gasteiger partial charge in [0.25, 0.3) is 5.91 Å². The Morgan fingerprint density at radius 3 is 2.03 bits per heavy atom. The Balaban J connectivity index is 1.40. The van der Waals surface area contributed by atoms with Crippen molar-refractivity contribution in [2.24, 2.45) is 5.92 Å². The second-order valence-electron chi connectivity index (χ2n) is 9.86. The van der Waals surface area contributed by atoms with Gasteiger partial charge < -0.3 is 15.7 Å². The number of phenolic OH excluding ortho intramolecular Hbond substituents is 1. The lowest BCUT2D eigenvalue weighted by molar-refractivity contribution is -0.122. The molecule has 0 saturated carbocycles. The lowest BCUT2D eigenvalue weighted by Crippen LogP contribution is -2.46. The first kappa shape index (κ1) is 29.4. The average molecular weight is 664 g/mol. The first-order chi connectivity index (χ1) is 18.7. The van der Waals surface area contributed by atoms with Gasteiger partial charge in [0.15, 0.2) is 5.78 Å². The summed E-state index contributed by atoms with van der Waals surface area (Å²) >= 11 is 6.49. The molecule has 1 aliphatic heterocycles. The maximum absolute atomic E-state index is 13.5. The van der Waals surface area contributed by atoms with Crippen LogP contribution < -0.4 is 10.6 Å². The summed E-state index contributed by atoms with van der Waals surface area (Å²) in [4.78, 5) is 26.4. The highest BCUT2D eigenvalue weighted by atomic mass is 79.9. The van der Waals surface area contributed by atoms with Gasteiger partial charge in [-0.2, -0.15) is 0 Å². The SMILES string of the molecule is O=C(NC(C(=O)CCCCC(c1ccc(F)cc1)c1ccc(F)cc1)C1CCNC1)c1cc(Br)c(O)c(Br)c1. The van der Waals surface area contributed by atoms with E-state index in [0.29, 0.717) is 40.3 Å². The molecular weight excluding hydrogens is 634 g/mol. The average Bonchev–Trinajstić information content (AvgIpc) is 3.46. The minimum absolute atomic E-state index is 0.00116. The van der Waals surface area contributed by atoms with Crippen molar-refractivity contribution in [3.63, 3.8) is 0 Å². The third-order valence-corrected chi connectivity index (χ3v) is 8.40. The van der Waals surface area contributed by atoms with Gasteiger partial charge in [-0.3, -0.25) is 9.59 Å². The topological polar surface area (TPSA) is 78.4 Å². The molecule has 4 rings (SSSR count). The molecule has 3 N–H and O–H groups in total. The smallest absolute Gasteiger partial charge is 0.251 e. The molecule has 1 saturated heterocycles. The molecule has 1 aliphatic rings. The zero-order chi connectivity index (χ0) is 27.9. The lowest BCUT2D eigenvalue weighted by atomic mass is 9.86. The van der Waals surface area contributed by atoms with Gasteiger partial charge in [-0.05, 0) is 111 Å². The van der Waals surface area contributed by atoms with Crippen molar-refractivity contribution in [1.82, 2.24) is 10.6 Å². The van der Waals surface area contributed by atoms with Crippen LogP contribution >= 0.6 is 31.9 Å². The summed E-state index contributed by atoms with van der Waals surface area (Å²) in [7, 11) is 0. The number of amides is 1. The number of hydrogen-bond acceptors (Lipinski definition) is 4. The van der Waals surface area contributed by atoms with Gasteiger partial charge >= 0.3 is 0 Å². The fraction of sp³-hybridized carbons (Fsp3) is 0.333. The summed E-state index contributed by atoms with van der Waals surface area (Å²) in [6, 6.07) is 15.1. The van der Waals surface area contributed by atoms with Crippen molar-refractivity contribution in [2.75, 3.05) is 13.1 Å². The van der Waals surface area contributed by atoms with E-state index in [0.717, 1.165) is 30.5 Å². The van der Waals surface area contributed by atoms with Gasteiger partial charge in [0, 0.05) is 24.4 Å². The molecule has 0 aliphatic carbocycles. The lowest BCUT2D eigenvalue weighted by Gasteiger charge is -2.24. The molecule has 1 heterocycles. The first-order valence-electron chi connectivity index (χ1n) is 13.0. The van der Waals surface area contributed by atoms with Crippen LogP contribution in [0, 0.1) is 17.6 Å². The molecule has 0 bridgehead atoms. The molecular formula is C30H30Br2F2N2O3. The molecule has 1 amide bonds. The van der Waals surface area contributed by atoms with Crippen LogP contribution in [-0.2, 0) is 4.79 Å². The van der Waals surface area contributed by atoms with Crippen LogP contribution in [0.5, 0.6) is 5.75 Å². The Morgan fingerprint density at radius 2 is 1.51 bits per heavy atom. The van der Waals surface area contributed by atoms with Crippen molar-refractivity contribution in [3.8, 4) is 5.75 Å². The molecule has 206 valence electrons. The van der Waals surface area contributed by atoms with Gasteiger partial charge in [-0.25, -0.2) is 8.78 Å². The van der Waals surface area contributed by atoms with E-state index < -0.39 is 6.04 Å². The molecule has 0 radical (unpaired) electrons. The van der Waals surface area contributed by atoms with E-state index in [4.69, 9.17) is 0 Å². The Hall–Kier alpha value is -2.62. The van der Waals surface area contributed by atoms with E-state index in [-0.39, 0.29) is 40.9 Å². The van der Waals surface area contributed by atoms with E-state index in [9.17, 15) is 23.5 Å². The number of unbranched alkanes of at least 4 members (excludes halogenated alkanes) is 1. The zero-order valence-electron chi connectivity index (χ0n) is 21.2. The van der Waals surface area contributed by atoms with Crippen LogP contribution in [0.3, 0.4) is 0 Å². The number of carbonyl (C=O) groups is 2. The van der Waals surface area contributed by atoms with Crippen molar-refractivity contribution < 1.29 is 23.5 Å². The first-order valence-corrected chi connectivity index (χ1v) is 14.5. The highest BCUT2D eigenvalue weighted by molar-refractivity contribution is 9.11. The summed E-state index contributed by atoms with van der Waals surface area (Å²) in [5.74, 6) is -1.09. The Kier molecular flexibility index (Phi) is 10.3. The Morgan fingerprint density at radius 1 is 0.949 bits per heavy atom. The third kappa shape index (κ3) is 7.74. The maximum atomic E-state index is 13.5. The summed E-state index contributed by atoms with van der Waals surface area (Å²) in [5, 5.41) is 16.2. The van der Waals surface area contributed by atoms with Crippen molar-refractivity contribution in [1.29, 1.82) is 0 Å². The minimum Gasteiger partial charge on any atom is -0.506 e. The van der Waals surface area contributed by atoms with E-state index >= 15 is 0 Å². The number of aromatic hydroxyl groups is 1. The normalized spacial score (nSPS) is 15.9. The molecule has 9 heteroatoms. The van der Waals surface area contributed by atoms with Gasteiger partial charge in [-0.1, -0.05) is 30.7 Å². The number of ketones is 1. The fourth-order valence-electron chi connectivity index (χ4n) is 5.06. The van der Waals surface area contributed by atoms with Crippen LogP contribution in [-0.4, -0.2) is 35.9 Å². The fourth-order valence-corrected chi connectivity index (χ4v) is 6.25. The quantitative estimate of drug-likeness (QED) is 0.196. The monoisotopic (exact) mass is 662 g/mol. The van der Waals surface area contributed by atoms with Crippen LogP contribution in [0.2, 0.25) is 0 Å². The number of rotatable bonds is 11. The molecule has 0 spiro atoms. The van der Waals surface area contributed by atoms with E-state index in [1.54, 1.807) is 24.3 Å². The number of nitrogens with one attached hydrogen (secondary N) is 2. The van der Waals surface area contributed by atoms with Gasteiger partial charge in [0.1, 0.15) is 17.4 Å². The minimum atomic E-state index is -0.621. The largest absolute Gasteiger partial charge is 0.506 e. The Labute approximate surface area is 243 Å². The van der Waals surface area contributed by atoms with Crippen molar-refractivity contribution >= 4 is 43.6 Å². The second-order valence-corrected chi connectivity index (χ2v) is 11.6. The van der Waals surface area contributed by atoms with Gasteiger partial charge in [0.2, 0.25) is 0 Å². The number of hydrogen-bond donors (Lipinski definition) is 3. The highest BCUT2D eigenvalue weighted by Crippen LogP contribution is 2.34. The van der Waals surface area contributed by atoms with E-state index in [1.165, 1.54) is 36.4 Å². The third-order valence-electron chi connectivity index (χ3n) is 7.19. The molecule has 3 aromatic carbocycles. The molecule has 5 nitrogen and oxygen atoms in total. The second kappa shape index (κ2) is 13.6. The van der Waals surface area contributed by atoms with Crippen LogP contribution in [0.25, 0.3) is 0 Å². The zero-order valence-corrected chi connectivity index (χ0v) is 24.4.